The fourth-order valence-corrected chi connectivity index (χ4v) is 3.15. The Morgan fingerprint density at radius 3 is 2.71 bits per heavy atom. The minimum atomic E-state index is -0.0971. The van der Waals surface area contributed by atoms with E-state index in [-0.39, 0.29) is 18.1 Å². The normalized spacial score (nSPS) is 16.4. The minimum Gasteiger partial charge on any atom is -0.490 e. The van der Waals surface area contributed by atoms with Crippen molar-refractivity contribution in [2.75, 3.05) is 19.6 Å². The molecule has 1 amide bonds. The van der Waals surface area contributed by atoms with Crippen LogP contribution in [0.1, 0.15) is 56.8 Å². The molecule has 0 saturated carbocycles. The van der Waals surface area contributed by atoms with Gasteiger partial charge in [-0.15, -0.1) is 0 Å². The largest absolute Gasteiger partial charge is 0.490 e. The highest BCUT2D eigenvalue weighted by molar-refractivity contribution is 6.31. The van der Waals surface area contributed by atoms with Gasteiger partial charge in [-0.1, -0.05) is 24.9 Å². The number of carbonyl (C=O) groups excluding carboxylic acids is 1. The summed E-state index contributed by atoms with van der Waals surface area (Å²) in [6, 6.07) is 5.43. The highest BCUT2D eigenvalue weighted by Gasteiger charge is 2.22. The van der Waals surface area contributed by atoms with Crippen molar-refractivity contribution >= 4 is 17.5 Å². The zero-order chi connectivity index (χ0) is 17.5. The zero-order valence-electron chi connectivity index (χ0n) is 15.0. The number of halogens is 1. The predicted molar refractivity (Wildman–Crippen MR) is 99.1 cm³/mol. The van der Waals surface area contributed by atoms with E-state index in [2.05, 4.69) is 17.1 Å². The number of hydrogen-bond acceptors (Lipinski definition) is 3. The summed E-state index contributed by atoms with van der Waals surface area (Å²) in [6.45, 7) is 9.38. The number of amides is 1. The van der Waals surface area contributed by atoms with Gasteiger partial charge in [-0.25, -0.2) is 0 Å². The number of rotatable bonds is 7. The number of nitrogens with zero attached hydrogens (tertiary/aromatic N) is 1. The summed E-state index contributed by atoms with van der Waals surface area (Å²) in [5.74, 6) is 0.493. The van der Waals surface area contributed by atoms with Crippen molar-refractivity contribution in [3.8, 4) is 5.75 Å². The highest BCUT2D eigenvalue weighted by atomic mass is 35.5. The van der Waals surface area contributed by atoms with E-state index >= 15 is 0 Å². The lowest BCUT2D eigenvalue weighted by molar-refractivity contribution is 0.0905. The molecule has 2 rings (SSSR count). The molecule has 5 heteroatoms. The first kappa shape index (κ1) is 19.1. The SMILES string of the molecule is CCCCN1CCC(NC(=O)c2cc(Cl)ccc2OC(C)C)CC1. The van der Waals surface area contributed by atoms with Crippen molar-refractivity contribution in [1.29, 1.82) is 0 Å². The van der Waals surface area contributed by atoms with Crippen LogP contribution < -0.4 is 10.1 Å². The number of nitrogens with one attached hydrogen (secondary N) is 1. The number of benzene rings is 1. The monoisotopic (exact) mass is 352 g/mol. The second-order valence-corrected chi connectivity index (χ2v) is 7.19. The lowest BCUT2D eigenvalue weighted by atomic mass is 10.0. The van der Waals surface area contributed by atoms with E-state index in [1.165, 1.54) is 12.8 Å². The van der Waals surface area contributed by atoms with Crippen molar-refractivity contribution in [3.05, 3.63) is 28.8 Å². The zero-order valence-corrected chi connectivity index (χ0v) is 15.7. The highest BCUT2D eigenvalue weighted by Crippen LogP contribution is 2.24. The van der Waals surface area contributed by atoms with Crippen LogP contribution in [-0.4, -0.2) is 42.6 Å². The molecule has 1 fully saturated rings. The van der Waals surface area contributed by atoms with E-state index in [1.54, 1.807) is 18.2 Å². The summed E-state index contributed by atoms with van der Waals surface area (Å²) in [4.78, 5) is 15.1. The fourth-order valence-electron chi connectivity index (χ4n) is 2.98. The van der Waals surface area contributed by atoms with Crippen LogP contribution in [0.4, 0.5) is 0 Å². The van der Waals surface area contributed by atoms with Gasteiger partial charge in [0.05, 0.1) is 11.7 Å². The maximum Gasteiger partial charge on any atom is 0.255 e. The number of hydrogen-bond donors (Lipinski definition) is 1. The Hall–Kier alpha value is -1.26. The third-order valence-corrected chi connectivity index (χ3v) is 4.53. The first-order valence-corrected chi connectivity index (χ1v) is 9.36. The summed E-state index contributed by atoms with van der Waals surface area (Å²) in [7, 11) is 0. The summed E-state index contributed by atoms with van der Waals surface area (Å²) in [6.07, 6.45) is 4.48. The lowest BCUT2D eigenvalue weighted by Gasteiger charge is -2.32. The first-order chi connectivity index (χ1) is 11.5. The fraction of sp³-hybridized carbons (Fsp3) is 0.632. The lowest BCUT2D eigenvalue weighted by Crippen LogP contribution is -2.44. The van der Waals surface area contributed by atoms with Crippen molar-refractivity contribution in [2.24, 2.45) is 0 Å². The van der Waals surface area contributed by atoms with Crippen LogP contribution in [0.2, 0.25) is 5.02 Å². The van der Waals surface area contributed by atoms with Gasteiger partial charge in [0.25, 0.3) is 5.91 Å². The van der Waals surface area contributed by atoms with Crippen LogP contribution in [0.25, 0.3) is 0 Å². The molecule has 1 heterocycles. The molecule has 0 aromatic heterocycles. The number of piperidine rings is 1. The van der Waals surface area contributed by atoms with E-state index in [9.17, 15) is 4.79 Å². The molecule has 1 aromatic rings. The Balaban J connectivity index is 1.94. The maximum absolute atomic E-state index is 12.7. The third kappa shape index (κ3) is 5.67. The average Bonchev–Trinajstić information content (AvgIpc) is 2.55. The average molecular weight is 353 g/mol. The van der Waals surface area contributed by atoms with Crippen molar-refractivity contribution in [3.63, 3.8) is 0 Å². The molecule has 1 aromatic carbocycles. The molecule has 0 radical (unpaired) electrons. The van der Waals surface area contributed by atoms with Crippen LogP contribution in [0.5, 0.6) is 5.75 Å². The Bertz CT molecular complexity index is 540. The quantitative estimate of drug-likeness (QED) is 0.802. The summed E-state index contributed by atoms with van der Waals surface area (Å²) >= 11 is 6.07. The van der Waals surface area contributed by atoms with E-state index in [0.29, 0.717) is 16.3 Å². The van der Waals surface area contributed by atoms with Crippen LogP contribution in [-0.2, 0) is 0 Å². The standard InChI is InChI=1S/C19H29ClN2O2/c1-4-5-10-22-11-8-16(9-12-22)21-19(23)17-13-15(20)6-7-18(17)24-14(2)3/h6-7,13-14,16H,4-5,8-12H2,1-3H3,(H,21,23). The molecule has 0 unspecified atom stereocenters. The molecule has 1 aliphatic heterocycles. The van der Waals surface area contributed by atoms with Crippen LogP contribution >= 0.6 is 11.6 Å². The smallest absolute Gasteiger partial charge is 0.255 e. The molecule has 0 aliphatic carbocycles. The Labute approximate surface area is 150 Å². The van der Waals surface area contributed by atoms with Gasteiger partial charge in [0.15, 0.2) is 0 Å². The topological polar surface area (TPSA) is 41.6 Å². The first-order valence-electron chi connectivity index (χ1n) is 8.99. The molecule has 0 spiro atoms. The molecular weight excluding hydrogens is 324 g/mol. The molecule has 0 atom stereocenters. The van der Waals surface area contributed by atoms with E-state index in [4.69, 9.17) is 16.3 Å². The van der Waals surface area contributed by atoms with Gasteiger partial charge in [0.1, 0.15) is 5.75 Å². The van der Waals surface area contributed by atoms with E-state index in [1.807, 2.05) is 13.8 Å². The summed E-state index contributed by atoms with van der Waals surface area (Å²) in [5, 5.41) is 3.70. The van der Waals surface area contributed by atoms with Gasteiger partial charge in [-0.3, -0.25) is 4.79 Å². The number of likely N-dealkylation sites (tertiary alicyclic amines) is 1. The summed E-state index contributed by atoms with van der Waals surface area (Å²) < 4.78 is 5.74. The molecule has 1 saturated heterocycles. The van der Waals surface area contributed by atoms with Crippen molar-refractivity contribution < 1.29 is 9.53 Å². The second kappa shape index (κ2) is 9.28. The maximum atomic E-state index is 12.7. The Morgan fingerprint density at radius 1 is 1.38 bits per heavy atom. The van der Waals surface area contributed by atoms with E-state index < -0.39 is 0 Å². The number of unbranched alkanes of at least 4 members (excludes halogenated alkanes) is 1. The molecule has 1 aliphatic rings. The van der Waals surface area contributed by atoms with E-state index in [0.717, 1.165) is 32.5 Å². The summed E-state index contributed by atoms with van der Waals surface area (Å²) in [5.41, 5.74) is 0.518. The Morgan fingerprint density at radius 2 is 2.08 bits per heavy atom. The van der Waals surface area contributed by atoms with Gasteiger partial charge >= 0.3 is 0 Å². The molecule has 4 nitrogen and oxygen atoms in total. The molecule has 24 heavy (non-hydrogen) atoms. The van der Waals surface area contributed by atoms with Crippen LogP contribution in [0.3, 0.4) is 0 Å². The third-order valence-electron chi connectivity index (χ3n) is 4.30. The van der Waals surface area contributed by atoms with Gasteiger partial charge < -0.3 is 15.0 Å². The van der Waals surface area contributed by atoms with Gasteiger partial charge in [-0.05, 0) is 57.9 Å². The predicted octanol–water partition coefficient (Wildman–Crippen LogP) is 4.12. The number of carbonyl (C=O) groups is 1. The number of ether oxygens (including phenoxy) is 1. The molecule has 0 bridgehead atoms. The second-order valence-electron chi connectivity index (χ2n) is 6.75. The van der Waals surface area contributed by atoms with Crippen LogP contribution in [0, 0.1) is 0 Å². The van der Waals surface area contributed by atoms with Crippen LogP contribution in [0.15, 0.2) is 18.2 Å². The molecular formula is C19H29ClN2O2. The van der Waals surface area contributed by atoms with Gasteiger partial charge in [-0.2, -0.15) is 0 Å². The minimum absolute atomic E-state index is 0.0135. The van der Waals surface area contributed by atoms with Gasteiger partial charge in [0, 0.05) is 24.2 Å². The Kier molecular flexibility index (Phi) is 7.38. The molecule has 1 N–H and O–H groups in total. The van der Waals surface area contributed by atoms with Crippen molar-refractivity contribution in [1.82, 2.24) is 10.2 Å². The van der Waals surface area contributed by atoms with Crippen molar-refractivity contribution in [2.45, 2.75) is 58.6 Å². The molecule has 134 valence electrons. The van der Waals surface area contributed by atoms with Gasteiger partial charge in [0.2, 0.25) is 0 Å².